The summed E-state index contributed by atoms with van der Waals surface area (Å²) in [6.45, 7) is 0. The van der Waals surface area contributed by atoms with Crippen molar-refractivity contribution in [3.8, 4) is 11.5 Å². The quantitative estimate of drug-likeness (QED) is 0.561. The molecular weight excluding hydrogens is 322 g/mol. The molecule has 3 rings (SSSR count). The van der Waals surface area contributed by atoms with Crippen LogP contribution in [0.3, 0.4) is 0 Å². The van der Waals surface area contributed by atoms with E-state index in [9.17, 15) is 9.59 Å². The number of carbonyl (C=O) groups is 1. The fraction of sp³-hybridized carbons (Fsp3) is 0. The van der Waals surface area contributed by atoms with Crippen LogP contribution in [0.2, 0.25) is 0 Å². The van der Waals surface area contributed by atoms with Crippen LogP contribution in [0.4, 0.5) is 0 Å². The van der Waals surface area contributed by atoms with Crippen molar-refractivity contribution in [2.75, 3.05) is 0 Å². The summed E-state index contributed by atoms with van der Waals surface area (Å²) in [6.07, 6.45) is 2.71. The standard InChI is InChI=1S/C13H9N5O2S2/c19-12-9(4-14-11(17-12)10-6-22-7-15-10)13(20)18-16-3-8-1-2-21-5-8/h1-7H,(H,18,20)(H,14,17,19). The predicted octanol–water partition coefficient (Wildman–Crippen LogP) is 1.72. The summed E-state index contributed by atoms with van der Waals surface area (Å²) >= 11 is 2.91. The Morgan fingerprint density at radius 3 is 2.91 bits per heavy atom. The summed E-state index contributed by atoms with van der Waals surface area (Å²) in [4.78, 5) is 34.4. The Morgan fingerprint density at radius 2 is 2.23 bits per heavy atom. The van der Waals surface area contributed by atoms with Crippen LogP contribution in [0, 0.1) is 0 Å². The number of nitrogens with zero attached hydrogens (tertiary/aromatic N) is 3. The van der Waals surface area contributed by atoms with E-state index in [-0.39, 0.29) is 5.56 Å². The van der Waals surface area contributed by atoms with Crippen molar-refractivity contribution in [3.63, 3.8) is 0 Å². The molecule has 3 heterocycles. The maximum Gasteiger partial charge on any atom is 0.278 e. The second-order valence-electron chi connectivity index (χ2n) is 4.10. The lowest BCUT2D eigenvalue weighted by molar-refractivity contribution is 0.0953. The summed E-state index contributed by atoms with van der Waals surface area (Å²) in [6, 6.07) is 1.86. The van der Waals surface area contributed by atoms with Gasteiger partial charge in [-0.1, -0.05) is 0 Å². The summed E-state index contributed by atoms with van der Waals surface area (Å²) < 4.78 is 0. The van der Waals surface area contributed by atoms with Crippen molar-refractivity contribution < 1.29 is 4.79 Å². The number of thiophene rings is 1. The zero-order chi connectivity index (χ0) is 15.4. The van der Waals surface area contributed by atoms with E-state index < -0.39 is 11.5 Å². The molecule has 0 saturated heterocycles. The van der Waals surface area contributed by atoms with Crippen LogP contribution < -0.4 is 11.0 Å². The van der Waals surface area contributed by atoms with E-state index in [4.69, 9.17) is 0 Å². The van der Waals surface area contributed by atoms with Crippen LogP contribution in [-0.4, -0.2) is 27.1 Å². The minimum atomic E-state index is -0.620. The second-order valence-corrected chi connectivity index (χ2v) is 5.60. The third kappa shape index (κ3) is 3.15. The molecule has 0 atom stereocenters. The minimum absolute atomic E-state index is 0.110. The summed E-state index contributed by atoms with van der Waals surface area (Å²) in [7, 11) is 0. The molecule has 0 aliphatic carbocycles. The van der Waals surface area contributed by atoms with E-state index in [0.29, 0.717) is 11.5 Å². The highest BCUT2D eigenvalue weighted by atomic mass is 32.1. The lowest BCUT2D eigenvalue weighted by Crippen LogP contribution is -2.27. The highest BCUT2D eigenvalue weighted by molar-refractivity contribution is 7.08. The summed E-state index contributed by atoms with van der Waals surface area (Å²) in [5.41, 5.74) is 4.71. The topological polar surface area (TPSA) is 100 Å². The van der Waals surface area contributed by atoms with Gasteiger partial charge in [-0.25, -0.2) is 15.4 Å². The number of aromatic amines is 1. The zero-order valence-electron chi connectivity index (χ0n) is 11.0. The Balaban J connectivity index is 1.74. The average molecular weight is 331 g/mol. The largest absolute Gasteiger partial charge is 0.305 e. The third-order valence-electron chi connectivity index (χ3n) is 2.64. The normalized spacial score (nSPS) is 10.9. The number of nitrogens with one attached hydrogen (secondary N) is 2. The van der Waals surface area contributed by atoms with E-state index in [1.807, 2.05) is 16.8 Å². The van der Waals surface area contributed by atoms with E-state index >= 15 is 0 Å². The molecule has 9 heteroatoms. The Hall–Kier alpha value is -2.65. The molecule has 22 heavy (non-hydrogen) atoms. The van der Waals surface area contributed by atoms with Gasteiger partial charge in [-0.05, 0) is 16.8 Å². The number of aromatic nitrogens is 3. The van der Waals surface area contributed by atoms with Gasteiger partial charge in [-0.15, -0.1) is 11.3 Å². The molecule has 0 spiro atoms. The number of amides is 1. The molecule has 0 bridgehead atoms. The van der Waals surface area contributed by atoms with Gasteiger partial charge in [0.2, 0.25) is 0 Å². The molecule has 3 aromatic heterocycles. The van der Waals surface area contributed by atoms with Gasteiger partial charge >= 0.3 is 0 Å². The number of carbonyl (C=O) groups excluding carboxylic acids is 1. The molecule has 0 radical (unpaired) electrons. The smallest absolute Gasteiger partial charge is 0.278 e. The number of rotatable bonds is 4. The second kappa shape index (κ2) is 6.41. The van der Waals surface area contributed by atoms with Gasteiger partial charge in [-0.3, -0.25) is 9.59 Å². The van der Waals surface area contributed by atoms with Gasteiger partial charge < -0.3 is 4.98 Å². The maximum atomic E-state index is 11.9. The number of hydrazone groups is 1. The SMILES string of the molecule is O=C(NN=Cc1ccsc1)c1cnc(-c2cscn2)[nH]c1=O. The van der Waals surface area contributed by atoms with Gasteiger partial charge in [-0.2, -0.15) is 16.4 Å². The van der Waals surface area contributed by atoms with Crippen LogP contribution in [0.15, 0.2) is 43.8 Å². The van der Waals surface area contributed by atoms with E-state index in [1.54, 1.807) is 10.9 Å². The van der Waals surface area contributed by atoms with E-state index in [0.717, 1.165) is 5.56 Å². The number of H-pyrrole nitrogens is 1. The van der Waals surface area contributed by atoms with Crippen molar-refractivity contribution in [2.24, 2.45) is 5.10 Å². The van der Waals surface area contributed by atoms with Gasteiger partial charge in [0.1, 0.15) is 11.3 Å². The van der Waals surface area contributed by atoms with Crippen LogP contribution in [0.25, 0.3) is 11.5 Å². The minimum Gasteiger partial charge on any atom is -0.305 e. The number of hydrogen-bond donors (Lipinski definition) is 2. The molecule has 1 amide bonds. The molecule has 0 aliphatic heterocycles. The molecule has 0 unspecified atom stereocenters. The van der Waals surface area contributed by atoms with Crippen LogP contribution in [-0.2, 0) is 0 Å². The van der Waals surface area contributed by atoms with Crippen molar-refractivity contribution in [3.05, 3.63) is 55.4 Å². The Kier molecular flexibility index (Phi) is 4.17. The summed E-state index contributed by atoms with van der Waals surface area (Å²) in [5.74, 6) is -0.297. The predicted molar refractivity (Wildman–Crippen MR) is 85.3 cm³/mol. The van der Waals surface area contributed by atoms with Crippen molar-refractivity contribution in [1.29, 1.82) is 0 Å². The van der Waals surface area contributed by atoms with Gasteiger partial charge in [0.15, 0.2) is 5.82 Å². The lowest BCUT2D eigenvalue weighted by atomic mass is 10.3. The van der Waals surface area contributed by atoms with Crippen LogP contribution >= 0.6 is 22.7 Å². The molecule has 0 fully saturated rings. The van der Waals surface area contributed by atoms with E-state index in [1.165, 1.54) is 35.1 Å². The molecule has 110 valence electrons. The Bertz CT molecular complexity index is 853. The average Bonchev–Trinajstić information content (AvgIpc) is 3.20. The van der Waals surface area contributed by atoms with Crippen molar-refractivity contribution >= 4 is 34.8 Å². The first-order chi connectivity index (χ1) is 10.7. The highest BCUT2D eigenvalue weighted by Gasteiger charge is 2.12. The summed E-state index contributed by atoms with van der Waals surface area (Å²) in [5, 5.41) is 9.33. The van der Waals surface area contributed by atoms with Gasteiger partial charge in [0, 0.05) is 17.1 Å². The number of thiazole rings is 1. The first kappa shape index (κ1) is 14.3. The van der Waals surface area contributed by atoms with Crippen LogP contribution in [0.1, 0.15) is 15.9 Å². The fourth-order valence-electron chi connectivity index (χ4n) is 1.59. The first-order valence-electron chi connectivity index (χ1n) is 6.07. The van der Waals surface area contributed by atoms with Crippen LogP contribution in [0.5, 0.6) is 0 Å². The lowest BCUT2D eigenvalue weighted by Gasteiger charge is -2.00. The molecule has 0 aromatic carbocycles. The first-order valence-corrected chi connectivity index (χ1v) is 7.96. The Morgan fingerprint density at radius 1 is 1.32 bits per heavy atom. The van der Waals surface area contributed by atoms with E-state index in [2.05, 4.69) is 25.5 Å². The zero-order valence-corrected chi connectivity index (χ0v) is 12.6. The molecule has 3 aromatic rings. The molecule has 0 aliphatic rings. The Labute approximate surface area is 132 Å². The molecular formula is C13H9N5O2S2. The highest BCUT2D eigenvalue weighted by Crippen LogP contribution is 2.12. The molecule has 0 saturated carbocycles. The van der Waals surface area contributed by atoms with Crippen molar-refractivity contribution in [1.82, 2.24) is 20.4 Å². The molecule has 7 nitrogen and oxygen atoms in total. The van der Waals surface area contributed by atoms with Crippen molar-refractivity contribution in [2.45, 2.75) is 0 Å². The van der Waals surface area contributed by atoms with Gasteiger partial charge in [0.25, 0.3) is 11.5 Å². The molecule has 2 N–H and O–H groups in total. The maximum absolute atomic E-state index is 11.9. The number of hydrogen-bond acceptors (Lipinski definition) is 7. The van der Waals surface area contributed by atoms with Gasteiger partial charge in [0.05, 0.1) is 11.7 Å². The fourth-order valence-corrected chi connectivity index (χ4v) is 2.74. The third-order valence-corrected chi connectivity index (χ3v) is 3.93. The monoisotopic (exact) mass is 331 g/mol.